The van der Waals surface area contributed by atoms with Gasteiger partial charge in [0.05, 0.1) is 22.4 Å². The number of carbonyl (C=O) groups excluding carboxylic acids is 3. The van der Waals surface area contributed by atoms with E-state index in [0.717, 1.165) is 42.4 Å². The number of benzene rings is 2. The number of carbonyl (C=O) groups is 3. The number of aryl methyl sites for hydroxylation is 1. The van der Waals surface area contributed by atoms with Crippen molar-refractivity contribution in [1.29, 1.82) is 0 Å². The molecule has 1 saturated carbocycles. The second-order valence-corrected chi connectivity index (χ2v) is 11.1. The van der Waals surface area contributed by atoms with Gasteiger partial charge in [0.1, 0.15) is 21.2 Å². The molecule has 4 amide bonds. The van der Waals surface area contributed by atoms with E-state index in [9.17, 15) is 14.4 Å². The Morgan fingerprint density at radius 3 is 2.48 bits per heavy atom. The standard InChI is InChI=1S/C30H29N5O4S/c1-17-16-20(39-19-8-4-3-5-9-19)12-13-23(17)35-24-14-15-31-29-25(24)26(34-30(35)38)27(40-29)28(37)33-22-11-7-6-10-21(22)32-18(2)36/h3-5,8-9,12-16,21-22H,6-7,10-11H2,1-2H3,(H,32,36)(H,33,37)(H,34,38). The Kier molecular flexibility index (Phi) is 6.85. The van der Waals surface area contributed by atoms with Crippen molar-refractivity contribution in [3.8, 4) is 11.5 Å². The summed E-state index contributed by atoms with van der Waals surface area (Å²) in [6.45, 7) is 3.42. The lowest BCUT2D eigenvalue weighted by molar-refractivity contribution is -0.120. The molecule has 204 valence electrons. The third-order valence-corrected chi connectivity index (χ3v) is 8.41. The maximum Gasteiger partial charge on any atom is 0.331 e. The van der Waals surface area contributed by atoms with Crippen molar-refractivity contribution in [1.82, 2.24) is 15.6 Å². The third-order valence-electron chi connectivity index (χ3n) is 7.31. The van der Waals surface area contributed by atoms with Crippen LogP contribution in [0.3, 0.4) is 0 Å². The Morgan fingerprint density at radius 1 is 1.00 bits per heavy atom. The summed E-state index contributed by atoms with van der Waals surface area (Å²) in [4.78, 5) is 45.9. The molecular weight excluding hydrogens is 526 g/mol. The fourth-order valence-electron chi connectivity index (χ4n) is 5.52. The fourth-order valence-corrected chi connectivity index (χ4v) is 6.54. The summed E-state index contributed by atoms with van der Waals surface area (Å²) >= 11 is 1.25. The van der Waals surface area contributed by atoms with Crippen LogP contribution in [0.2, 0.25) is 0 Å². The molecule has 2 aliphatic rings. The summed E-state index contributed by atoms with van der Waals surface area (Å²) < 4.78 is 5.97. The normalized spacial score (nSPS) is 18.2. The number of ether oxygens (including phenoxy) is 1. The van der Waals surface area contributed by atoms with Crippen molar-refractivity contribution in [2.24, 2.45) is 0 Å². The number of amides is 4. The van der Waals surface area contributed by atoms with Gasteiger partial charge in [-0.2, -0.15) is 0 Å². The largest absolute Gasteiger partial charge is 0.457 e. The molecular formula is C30H29N5O4S. The number of thiophene rings is 1. The van der Waals surface area contributed by atoms with Gasteiger partial charge in [-0.15, -0.1) is 11.3 Å². The van der Waals surface area contributed by atoms with Gasteiger partial charge in [0.25, 0.3) is 5.91 Å². The van der Waals surface area contributed by atoms with Gasteiger partial charge in [-0.1, -0.05) is 31.0 Å². The van der Waals surface area contributed by atoms with E-state index in [4.69, 9.17) is 4.74 Å². The Hall–Kier alpha value is -4.44. The van der Waals surface area contributed by atoms with Crippen LogP contribution in [0.5, 0.6) is 11.5 Å². The molecule has 3 heterocycles. The van der Waals surface area contributed by atoms with E-state index in [0.29, 0.717) is 32.5 Å². The zero-order valence-electron chi connectivity index (χ0n) is 22.2. The molecule has 3 N–H and O–H groups in total. The van der Waals surface area contributed by atoms with Crippen molar-refractivity contribution >= 4 is 56.5 Å². The maximum absolute atomic E-state index is 13.6. The van der Waals surface area contributed by atoms with Crippen LogP contribution in [-0.2, 0) is 4.79 Å². The van der Waals surface area contributed by atoms with Crippen molar-refractivity contribution in [3.05, 3.63) is 71.2 Å². The van der Waals surface area contributed by atoms with Crippen molar-refractivity contribution in [3.63, 3.8) is 0 Å². The molecule has 2 aromatic heterocycles. The van der Waals surface area contributed by atoms with Crippen LogP contribution >= 0.6 is 11.3 Å². The number of aromatic nitrogens is 1. The summed E-state index contributed by atoms with van der Waals surface area (Å²) in [7, 11) is 0. The van der Waals surface area contributed by atoms with Gasteiger partial charge in [-0.05, 0) is 61.7 Å². The molecule has 10 heteroatoms. The Bertz CT molecular complexity index is 1620. The molecule has 6 rings (SSSR count). The number of urea groups is 1. The first kappa shape index (κ1) is 25.8. The minimum absolute atomic E-state index is 0.112. The molecule has 1 fully saturated rings. The zero-order valence-corrected chi connectivity index (χ0v) is 23.0. The lowest BCUT2D eigenvalue weighted by Crippen LogP contribution is -2.52. The van der Waals surface area contributed by atoms with Crippen LogP contribution in [0.25, 0.3) is 10.2 Å². The highest BCUT2D eigenvalue weighted by molar-refractivity contribution is 7.21. The molecule has 2 atom stereocenters. The smallest absolute Gasteiger partial charge is 0.331 e. The lowest BCUT2D eigenvalue weighted by Gasteiger charge is -2.32. The Labute approximate surface area is 235 Å². The molecule has 2 aromatic carbocycles. The van der Waals surface area contributed by atoms with Gasteiger partial charge >= 0.3 is 6.03 Å². The molecule has 1 aliphatic carbocycles. The third kappa shape index (κ3) is 4.86. The summed E-state index contributed by atoms with van der Waals surface area (Å²) in [6.07, 6.45) is 5.23. The number of nitrogens with zero attached hydrogens (tertiary/aromatic N) is 2. The Morgan fingerprint density at radius 2 is 1.75 bits per heavy atom. The minimum atomic E-state index is -0.360. The van der Waals surface area contributed by atoms with Crippen molar-refractivity contribution in [2.75, 3.05) is 10.2 Å². The SMILES string of the molecule is CC(=O)NC1CCCCC1NC(=O)c1sc2nccc3c2c1NC(=O)N3c1ccc(Oc2ccccc2)cc1C. The molecule has 9 nitrogen and oxygen atoms in total. The second-order valence-electron chi connectivity index (χ2n) is 10.1. The van der Waals surface area contributed by atoms with Gasteiger partial charge in [-0.3, -0.25) is 14.5 Å². The molecule has 0 saturated heterocycles. The van der Waals surface area contributed by atoms with Crippen LogP contribution in [0.4, 0.5) is 21.9 Å². The summed E-state index contributed by atoms with van der Waals surface area (Å²) in [5, 5.41) is 9.77. The average Bonchev–Trinajstić information content (AvgIpc) is 3.30. The van der Waals surface area contributed by atoms with E-state index in [1.165, 1.54) is 18.3 Å². The average molecular weight is 556 g/mol. The lowest BCUT2D eigenvalue weighted by atomic mass is 9.90. The van der Waals surface area contributed by atoms with Crippen LogP contribution in [0.15, 0.2) is 60.8 Å². The predicted molar refractivity (Wildman–Crippen MR) is 156 cm³/mol. The van der Waals surface area contributed by atoms with E-state index in [2.05, 4.69) is 20.9 Å². The summed E-state index contributed by atoms with van der Waals surface area (Å²) in [5.41, 5.74) is 2.68. The van der Waals surface area contributed by atoms with Crippen molar-refractivity contribution in [2.45, 2.75) is 51.6 Å². The minimum Gasteiger partial charge on any atom is -0.457 e. The fraction of sp³-hybridized carbons (Fsp3) is 0.267. The van der Waals surface area contributed by atoms with Crippen molar-refractivity contribution < 1.29 is 19.1 Å². The van der Waals surface area contributed by atoms with Gasteiger partial charge in [0.2, 0.25) is 5.91 Å². The number of para-hydroxylation sites is 1. The zero-order chi connectivity index (χ0) is 27.8. The van der Waals surface area contributed by atoms with E-state index < -0.39 is 0 Å². The van der Waals surface area contributed by atoms with Gasteiger partial charge in [0.15, 0.2) is 0 Å². The number of pyridine rings is 1. The highest BCUT2D eigenvalue weighted by Gasteiger charge is 2.35. The first-order valence-electron chi connectivity index (χ1n) is 13.3. The first-order valence-corrected chi connectivity index (χ1v) is 14.1. The number of anilines is 3. The van der Waals surface area contributed by atoms with Gasteiger partial charge in [-0.25, -0.2) is 9.78 Å². The summed E-state index contributed by atoms with van der Waals surface area (Å²) in [5.74, 6) is 1.00. The molecule has 0 bridgehead atoms. The van der Waals surface area contributed by atoms with E-state index in [1.807, 2.05) is 55.5 Å². The quantitative estimate of drug-likeness (QED) is 0.260. The summed E-state index contributed by atoms with van der Waals surface area (Å²) in [6, 6.07) is 16.2. The van der Waals surface area contributed by atoms with Crippen LogP contribution < -0.4 is 25.6 Å². The second kappa shape index (κ2) is 10.6. The van der Waals surface area contributed by atoms with Gasteiger partial charge in [0, 0.05) is 25.2 Å². The molecule has 0 radical (unpaired) electrons. The molecule has 4 aromatic rings. The maximum atomic E-state index is 13.6. The Balaban J connectivity index is 1.31. The monoisotopic (exact) mass is 555 g/mol. The number of rotatable bonds is 6. The molecule has 40 heavy (non-hydrogen) atoms. The molecule has 2 unspecified atom stereocenters. The highest BCUT2D eigenvalue weighted by atomic mass is 32.1. The number of hydrogen-bond donors (Lipinski definition) is 3. The molecule has 0 spiro atoms. The number of hydrogen-bond acceptors (Lipinski definition) is 6. The van der Waals surface area contributed by atoms with Crippen LogP contribution in [0.1, 0.15) is 47.8 Å². The highest BCUT2D eigenvalue weighted by Crippen LogP contribution is 2.46. The van der Waals surface area contributed by atoms with Crippen LogP contribution in [-0.4, -0.2) is 34.9 Å². The topological polar surface area (TPSA) is 113 Å². The van der Waals surface area contributed by atoms with E-state index in [-0.39, 0.29) is 29.9 Å². The van der Waals surface area contributed by atoms with Crippen LogP contribution in [0, 0.1) is 6.92 Å². The van der Waals surface area contributed by atoms with Gasteiger partial charge < -0.3 is 20.7 Å². The molecule has 1 aliphatic heterocycles. The first-order chi connectivity index (χ1) is 19.4. The van der Waals surface area contributed by atoms with E-state index >= 15 is 0 Å². The predicted octanol–water partition coefficient (Wildman–Crippen LogP) is 6.26. The van der Waals surface area contributed by atoms with E-state index in [1.54, 1.807) is 17.2 Å². The number of nitrogens with one attached hydrogen (secondary N) is 3.